The van der Waals surface area contributed by atoms with E-state index in [2.05, 4.69) is 34.2 Å². The van der Waals surface area contributed by atoms with Crippen LogP contribution >= 0.6 is 0 Å². The molecule has 6 nitrogen and oxygen atoms in total. The first-order valence-corrected chi connectivity index (χ1v) is 7.64. The highest BCUT2D eigenvalue weighted by Crippen LogP contribution is 2.24. The van der Waals surface area contributed by atoms with Crippen molar-refractivity contribution in [2.75, 3.05) is 11.1 Å². The van der Waals surface area contributed by atoms with E-state index in [1.54, 1.807) is 18.5 Å². The Labute approximate surface area is 139 Å². The van der Waals surface area contributed by atoms with Gasteiger partial charge in [-0.1, -0.05) is 0 Å². The van der Waals surface area contributed by atoms with E-state index in [1.807, 2.05) is 17.8 Å². The van der Waals surface area contributed by atoms with Gasteiger partial charge in [0.2, 0.25) is 5.95 Å². The van der Waals surface area contributed by atoms with Crippen LogP contribution in [-0.4, -0.2) is 19.7 Å². The number of nitrogens with two attached hydrogens (primary N) is 1. The first-order valence-electron chi connectivity index (χ1n) is 7.64. The van der Waals surface area contributed by atoms with Crippen LogP contribution in [0, 0.1) is 12.7 Å². The molecule has 24 heavy (non-hydrogen) atoms. The summed E-state index contributed by atoms with van der Waals surface area (Å²) in [5.74, 6) is -0.0948. The molecule has 0 bridgehead atoms. The second-order valence-corrected chi connectivity index (χ2v) is 5.89. The lowest BCUT2D eigenvalue weighted by molar-refractivity contribution is 0.532. The van der Waals surface area contributed by atoms with Crippen molar-refractivity contribution in [3.05, 3.63) is 48.2 Å². The van der Waals surface area contributed by atoms with E-state index in [-0.39, 0.29) is 11.7 Å². The Morgan fingerprint density at radius 3 is 2.71 bits per heavy atom. The van der Waals surface area contributed by atoms with Gasteiger partial charge in [0, 0.05) is 29.7 Å². The van der Waals surface area contributed by atoms with Crippen LogP contribution in [0.5, 0.6) is 0 Å². The third kappa shape index (κ3) is 3.19. The maximum absolute atomic E-state index is 13.6. The molecular formula is C17H19FN6. The van der Waals surface area contributed by atoms with E-state index in [1.165, 1.54) is 12.1 Å². The number of aryl methyl sites for hydroxylation is 1. The van der Waals surface area contributed by atoms with Gasteiger partial charge in [0.1, 0.15) is 5.82 Å². The van der Waals surface area contributed by atoms with Crippen LogP contribution in [0.3, 0.4) is 0 Å². The maximum atomic E-state index is 13.6. The second-order valence-electron chi connectivity index (χ2n) is 5.89. The number of anilines is 3. The molecule has 7 heteroatoms. The van der Waals surface area contributed by atoms with Gasteiger partial charge in [-0.3, -0.25) is 4.68 Å². The summed E-state index contributed by atoms with van der Waals surface area (Å²) in [4.78, 5) is 8.78. The third-order valence-electron chi connectivity index (χ3n) is 3.63. The summed E-state index contributed by atoms with van der Waals surface area (Å²) in [6.07, 6.45) is 5.46. The summed E-state index contributed by atoms with van der Waals surface area (Å²) in [5, 5.41) is 7.33. The summed E-state index contributed by atoms with van der Waals surface area (Å²) in [5.41, 5.74) is 8.76. The minimum Gasteiger partial charge on any atom is -0.396 e. The van der Waals surface area contributed by atoms with Gasteiger partial charge in [0.15, 0.2) is 0 Å². The number of benzene rings is 1. The number of hydrogen-bond acceptors (Lipinski definition) is 5. The lowest BCUT2D eigenvalue weighted by Crippen LogP contribution is -2.01. The van der Waals surface area contributed by atoms with Crippen LogP contribution < -0.4 is 11.1 Å². The Bertz CT molecular complexity index is 871. The molecule has 2 heterocycles. The molecular weight excluding hydrogens is 307 g/mol. The Balaban J connectivity index is 1.91. The summed E-state index contributed by atoms with van der Waals surface area (Å²) >= 11 is 0. The molecule has 0 saturated heterocycles. The Kier molecular flexibility index (Phi) is 4.16. The first kappa shape index (κ1) is 15.9. The number of nitrogen functional groups attached to an aromatic ring is 1. The highest BCUT2D eigenvalue weighted by Gasteiger charge is 2.11. The normalized spacial score (nSPS) is 11.0. The fraction of sp³-hybridized carbons (Fsp3) is 0.235. The van der Waals surface area contributed by atoms with Crippen LogP contribution in [0.4, 0.5) is 21.7 Å². The quantitative estimate of drug-likeness (QED) is 0.715. The average molecular weight is 326 g/mol. The van der Waals surface area contributed by atoms with Crippen LogP contribution in [0.1, 0.15) is 25.5 Å². The topological polar surface area (TPSA) is 81.7 Å². The molecule has 3 aromatic rings. The summed E-state index contributed by atoms with van der Waals surface area (Å²) in [6.45, 7) is 6.06. The second kappa shape index (κ2) is 6.27. The molecule has 0 aliphatic rings. The standard InChI is InChI=1S/C17H19FN6/c1-10(2)24-9-12(8-21-24)16-11(3)7-20-17(23-16)22-13-4-5-15(19)14(18)6-13/h4-10H,19H2,1-3H3,(H,20,22,23). The molecule has 3 rings (SSSR count). The van der Waals surface area contributed by atoms with Gasteiger partial charge in [-0.05, 0) is 44.5 Å². The summed E-state index contributed by atoms with van der Waals surface area (Å²) in [6, 6.07) is 4.77. The Hall–Kier alpha value is -2.96. The van der Waals surface area contributed by atoms with E-state index in [9.17, 15) is 4.39 Å². The van der Waals surface area contributed by atoms with Gasteiger partial charge in [0.25, 0.3) is 0 Å². The predicted molar refractivity (Wildman–Crippen MR) is 92.5 cm³/mol. The van der Waals surface area contributed by atoms with Crippen LogP contribution in [0.15, 0.2) is 36.8 Å². The molecule has 0 amide bonds. The molecule has 0 fully saturated rings. The molecule has 124 valence electrons. The van der Waals surface area contributed by atoms with Crippen molar-refractivity contribution in [2.45, 2.75) is 26.8 Å². The third-order valence-corrected chi connectivity index (χ3v) is 3.63. The van der Waals surface area contributed by atoms with Gasteiger partial charge >= 0.3 is 0 Å². The average Bonchev–Trinajstić information content (AvgIpc) is 3.03. The summed E-state index contributed by atoms with van der Waals surface area (Å²) < 4.78 is 15.4. The van der Waals surface area contributed by atoms with E-state index >= 15 is 0 Å². The fourth-order valence-electron chi connectivity index (χ4n) is 2.27. The smallest absolute Gasteiger partial charge is 0.227 e. The van der Waals surface area contributed by atoms with E-state index in [0.717, 1.165) is 16.8 Å². The minimum absolute atomic E-state index is 0.104. The van der Waals surface area contributed by atoms with Gasteiger partial charge in [-0.2, -0.15) is 5.10 Å². The monoisotopic (exact) mass is 326 g/mol. The molecule has 0 atom stereocenters. The SMILES string of the molecule is Cc1cnc(Nc2ccc(N)c(F)c2)nc1-c1cnn(C(C)C)c1. The van der Waals surface area contributed by atoms with Crippen molar-refractivity contribution in [2.24, 2.45) is 0 Å². The number of nitrogens with zero attached hydrogens (tertiary/aromatic N) is 4. The molecule has 1 aromatic carbocycles. The molecule has 0 radical (unpaired) electrons. The molecule has 0 unspecified atom stereocenters. The molecule has 3 N–H and O–H groups in total. The van der Waals surface area contributed by atoms with Crippen molar-refractivity contribution < 1.29 is 4.39 Å². The highest BCUT2D eigenvalue weighted by atomic mass is 19.1. The van der Waals surface area contributed by atoms with E-state index in [4.69, 9.17) is 5.73 Å². The largest absolute Gasteiger partial charge is 0.396 e. The number of hydrogen-bond donors (Lipinski definition) is 2. The van der Waals surface area contributed by atoms with Crippen molar-refractivity contribution in [3.63, 3.8) is 0 Å². The zero-order valence-electron chi connectivity index (χ0n) is 13.8. The number of halogens is 1. The fourth-order valence-corrected chi connectivity index (χ4v) is 2.27. The molecule has 0 aliphatic carbocycles. The lowest BCUT2D eigenvalue weighted by atomic mass is 10.1. The van der Waals surface area contributed by atoms with Crippen molar-refractivity contribution >= 4 is 17.3 Å². The minimum atomic E-state index is -0.481. The summed E-state index contributed by atoms with van der Waals surface area (Å²) in [7, 11) is 0. The highest BCUT2D eigenvalue weighted by molar-refractivity contribution is 5.64. The first-order chi connectivity index (χ1) is 11.4. The van der Waals surface area contributed by atoms with E-state index < -0.39 is 5.82 Å². The van der Waals surface area contributed by atoms with Crippen molar-refractivity contribution in [3.8, 4) is 11.3 Å². The predicted octanol–water partition coefficient (Wildman–Crippen LogP) is 3.69. The van der Waals surface area contributed by atoms with Gasteiger partial charge < -0.3 is 11.1 Å². The molecule has 0 saturated carbocycles. The van der Waals surface area contributed by atoms with Crippen LogP contribution in [0.25, 0.3) is 11.3 Å². The zero-order chi connectivity index (χ0) is 17.3. The molecule has 0 spiro atoms. The van der Waals surface area contributed by atoms with Crippen LogP contribution in [0.2, 0.25) is 0 Å². The number of rotatable bonds is 4. The number of nitrogens with one attached hydrogen (secondary N) is 1. The zero-order valence-corrected chi connectivity index (χ0v) is 13.8. The van der Waals surface area contributed by atoms with Crippen molar-refractivity contribution in [1.82, 2.24) is 19.7 Å². The van der Waals surface area contributed by atoms with Crippen LogP contribution in [-0.2, 0) is 0 Å². The molecule has 2 aromatic heterocycles. The van der Waals surface area contributed by atoms with Gasteiger partial charge in [-0.15, -0.1) is 0 Å². The van der Waals surface area contributed by atoms with Gasteiger partial charge in [0.05, 0.1) is 17.6 Å². The molecule has 0 aliphatic heterocycles. The maximum Gasteiger partial charge on any atom is 0.227 e. The number of aromatic nitrogens is 4. The Morgan fingerprint density at radius 2 is 2.04 bits per heavy atom. The van der Waals surface area contributed by atoms with Gasteiger partial charge in [-0.25, -0.2) is 14.4 Å². The van der Waals surface area contributed by atoms with E-state index in [0.29, 0.717) is 11.6 Å². The van der Waals surface area contributed by atoms with Crippen molar-refractivity contribution in [1.29, 1.82) is 0 Å². The lowest BCUT2D eigenvalue weighted by Gasteiger charge is -2.09. The Morgan fingerprint density at radius 1 is 1.25 bits per heavy atom.